The lowest BCUT2D eigenvalue weighted by Gasteiger charge is -2.26. The van der Waals surface area contributed by atoms with Crippen LogP contribution in [0.3, 0.4) is 0 Å². The van der Waals surface area contributed by atoms with Gasteiger partial charge in [0.2, 0.25) is 0 Å². The molecule has 0 spiro atoms. The second-order valence-electron chi connectivity index (χ2n) is 5.84. The van der Waals surface area contributed by atoms with E-state index in [4.69, 9.17) is 10.5 Å². The van der Waals surface area contributed by atoms with Gasteiger partial charge in [-0.05, 0) is 44.9 Å². The predicted molar refractivity (Wildman–Crippen MR) is 78.7 cm³/mol. The summed E-state index contributed by atoms with van der Waals surface area (Å²) in [5.74, 6) is 1.00. The summed E-state index contributed by atoms with van der Waals surface area (Å²) in [6, 6.07) is 0.386. The predicted octanol–water partition coefficient (Wildman–Crippen LogP) is 1.66. The van der Waals surface area contributed by atoms with Crippen LogP contribution in [0.5, 0.6) is 0 Å². The Morgan fingerprint density at radius 3 is 2.90 bits per heavy atom. The molecular formula is C15H24N4O. The van der Waals surface area contributed by atoms with Crippen LogP contribution in [0.25, 0.3) is 0 Å². The number of aryl methyl sites for hydroxylation is 1. The second-order valence-corrected chi connectivity index (χ2v) is 5.84. The first-order valence-electron chi connectivity index (χ1n) is 7.76. The van der Waals surface area contributed by atoms with Crippen molar-refractivity contribution in [3.63, 3.8) is 0 Å². The molecule has 5 nitrogen and oxygen atoms in total. The molecule has 3 rings (SSSR count). The lowest BCUT2D eigenvalue weighted by molar-refractivity contribution is 0.0313. The van der Waals surface area contributed by atoms with Crippen LogP contribution in [0.4, 0.5) is 5.82 Å². The van der Waals surface area contributed by atoms with Crippen molar-refractivity contribution >= 4 is 5.82 Å². The van der Waals surface area contributed by atoms with E-state index in [0.29, 0.717) is 12.1 Å². The lowest BCUT2D eigenvalue weighted by Crippen LogP contribution is -2.31. The Morgan fingerprint density at radius 2 is 2.05 bits per heavy atom. The third-order valence-corrected chi connectivity index (χ3v) is 4.34. The van der Waals surface area contributed by atoms with E-state index in [0.717, 1.165) is 57.5 Å². The van der Waals surface area contributed by atoms with Gasteiger partial charge in [-0.3, -0.25) is 0 Å². The molecule has 20 heavy (non-hydrogen) atoms. The molecule has 2 aliphatic rings. The zero-order valence-corrected chi connectivity index (χ0v) is 12.0. The highest BCUT2D eigenvalue weighted by Crippen LogP contribution is 2.25. The molecule has 3 N–H and O–H groups in total. The number of ether oxygens (including phenoxy) is 1. The molecule has 0 saturated heterocycles. The van der Waals surface area contributed by atoms with Crippen molar-refractivity contribution in [1.29, 1.82) is 0 Å². The van der Waals surface area contributed by atoms with E-state index in [1.807, 2.05) is 0 Å². The van der Waals surface area contributed by atoms with E-state index < -0.39 is 0 Å². The fourth-order valence-electron chi connectivity index (χ4n) is 3.16. The summed E-state index contributed by atoms with van der Waals surface area (Å²) >= 11 is 0. The summed E-state index contributed by atoms with van der Waals surface area (Å²) in [7, 11) is 0. The van der Waals surface area contributed by atoms with Gasteiger partial charge >= 0.3 is 0 Å². The number of nitrogens with one attached hydrogen (secondary N) is 1. The molecule has 0 aromatic carbocycles. The van der Waals surface area contributed by atoms with Crippen molar-refractivity contribution in [3.8, 4) is 0 Å². The SMILES string of the molecule is NC1CCC(OCCNc2ncnc3c2CCC3)CC1. The maximum atomic E-state index is 5.91. The number of rotatable bonds is 5. The summed E-state index contributed by atoms with van der Waals surface area (Å²) in [4.78, 5) is 8.68. The Balaban J connectivity index is 1.41. The molecule has 1 aromatic heterocycles. The molecule has 110 valence electrons. The van der Waals surface area contributed by atoms with Crippen LogP contribution in [0, 0.1) is 0 Å². The molecule has 0 bridgehead atoms. The molecule has 0 aliphatic heterocycles. The molecule has 0 amide bonds. The van der Waals surface area contributed by atoms with Gasteiger partial charge in [-0.2, -0.15) is 0 Å². The van der Waals surface area contributed by atoms with Gasteiger partial charge in [-0.25, -0.2) is 9.97 Å². The molecule has 0 unspecified atom stereocenters. The molecule has 0 atom stereocenters. The third kappa shape index (κ3) is 3.27. The van der Waals surface area contributed by atoms with E-state index in [1.165, 1.54) is 17.7 Å². The van der Waals surface area contributed by atoms with E-state index in [1.54, 1.807) is 6.33 Å². The van der Waals surface area contributed by atoms with Gasteiger partial charge in [0.05, 0.1) is 12.7 Å². The highest BCUT2D eigenvalue weighted by atomic mass is 16.5. The van der Waals surface area contributed by atoms with Crippen LogP contribution >= 0.6 is 0 Å². The lowest BCUT2D eigenvalue weighted by atomic mass is 9.94. The number of fused-ring (bicyclic) bond motifs is 1. The quantitative estimate of drug-likeness (QED) is 0.800. The molecule has 1 heterocycles. The number of hydrogen-bond donors (Lipinski definition) is 2. The summed E-state index contributed by atoms with van der Waals surface area (Å²) in [6.45, 7) is 1.55. The van der Waals surface area contributed by atoms with Crippen molar-refractivity contribution in [2.45, 2.75) is 57.1 Å². The first-order chi connectivity index (χ1) is 9.83. The van der Waals surface area contributed by atoms with Crippen molar-refractivity contribution in [2.24, 2.45) is 5.73 Å². The minimum atomic E-state index is 0.386. The van der Waals surface area contributed by atoms with Crippen molar-refractivity contribution < 1.29 is 4.74 Å². The van der Waals surface area contributed by atoms with E-state index in [-0.39, 0.29) is 0 Å². The number of hydrogen-bond acceptors (Lipinski definition) is 5. The van der Waals surface area contributed by atoms with Gasteiger partial charge < -0.3 is 15.8 Å². The fourth-order valence-corrected chi connectivity index (χ4v) is 3.16. The van der Waals surface area contributed by atoms with E-state index >= 15 is 0 Å². The maximum Gasteiger partial charge on any atom is 0.132 e. The largest absolute Gasteiger partial charge is 0.376 e. The van der Waals surface area contributed by atoms with Crippen molar-refractivity contribution in [2.75, 3.05) is 18.5 Å². The van der Waals surface area contributed by atoms with Crippen LogP contribution in [-0.4, -0.2) is 35.3 Å². The zero-order chi connectivity index (χ0) is 13.8. The molecule has 1 aromatic rings. The van der Waals surface area contributed by atoms with Crippen molar-refractivity contribution in [1.82, 2.24) is 9.97 Å². The summed E-state index contributed by atoms with van der Waals surface area (Å²) in [5, 5.41) is 3.39. The van der Waals surface area contributed by atoms with Crippen LogP contribution in [0.1, 0.15) is 43.4 Å². The van der Waals surface area contributed by atoms with Crippen molar-refractivity contribution in [3.05, 3.63) is 17.6 Å². The number of anilines is 1. The second kappa shape index (κ2) is 6.50. The Hall–Kier alpha value is -1.20. The highest BCUT2D eigenvalue weighted by molar-refractivity contribution is 5.47. The normalized spacial score (nSPS) is 25.4. The Kier molecular flexibility index (Phi) is 4.47. The average molecular weight is 276 g/mol. The average Bonchev–Trinajstić information content (AvgIpc) is 2.94. The minimum Gasteiger partial charge on any atom is -0.376 e. The Labute approximate surface area is 120 Å². The maximum absolute atomic E-state index is 5.91. The number of aromatic nitrogens is 2. The number of nitrogens with two attached hydrogens (primary N) is 1. The van der Waals surface area contributed by atoms with Gasteiger partial charge in [0.15, 0.2) is 0 Å². The topological polar surface area (TPSA) is 73.1 Å². The minimum absolute atomic E-state index is 0.386. The van der Waals surface area contributed by atoms with Gasteiger partial charge in [0, 0.05) is 23.8 Å². The van der Waals surface area contributed by atoms with E-state index in [2.05, 4.69) is 15.3 Å². The molecular weight excluding hydrogens is 252 g/mol. The van der Waals surface area contributed by atoms with Crippen LogP contribution in [0.15, 0.2) is 6.33 Å². The first kappa shape index (κ1) is 13.8. The summed E-state index contributed by atoms with van der Waals surface area (Å²) in [6.07, 6.45) is 9.83. The monoisotopic (exact) mass is 276 g/mol. The van der Waals surface area contributed by atoms with Gasteiger partial charge in [0.1, 0.15) is 12.1 Å². The van der Waals surface area contributed by atoms with Gasteiger partial charge in [0.25, 0.3) is 0 Å². The Bertz CT molecular complexity index is 443. The van der Waals surface area contributed by atoms with Crippen LogP contribution in [-0.2, 0) is 17.6 Å². The standard InChI is InChI=1S/C15H24N4O/c16-11-4-6-12(7-5-11)20-9-8-17-15-13-2-1-3-14(13)18-10-19-15/h10-12H,1-9,16H2,(H,17,18,19). The highest BCUT2D eigenvalue weighted by Gasteiger charge is 2.19. The smallest absolute Gasteiger partial charge is 0.132 e. The molecule has 1 fully saturated rings. The van der Waals surface area contributed by atoms with Gasteiger partial charge in [-0.1, -0.05) is 0 Å². The molecule has 1 saturated carbocycles. The summed E-state index contributed by atoms with van der Waals surface area (Å²) < 4.78 is 5.91. The summed E-state index contributed by atoms with van der Waals surface area (Å²) in [5.41, 5.74) is 8.41. The zero-order valence-electron chi connectivity index (χ0n) is 12.0. The fraction of sp³-hybridized carbons (Fsp3) is 0.733. The number of nitrogens with zero attached hydrogens (tertiary/aromatic N) is 2. The Morgan fingerprint density at radius 1 is 1.20 bits per heavy atom. The van der Waals surface area contributed by atoms with Crippen LogP contribution < -0.4 is 11.1 Å². The third-order valence-electron chi connectivity index (χ3n) is 4.34. The van der Waals surface area contributed by atoms with E-state index in [9.17, 15) is 0 Å². The van der Waals surface area contributed by atoms with Gasteiger partial charge in [-0.15, -0.1) is 0 Å². The molecule has 0 radical (unpaired) electrons. The molecule has 2 aliphatic carbocycles. The first-order valence-corrected chi connectivity index (χ1v) is 7.76. The van der Waals surface area contributed by atoms with Crippen LogP contribution in [0.2, 0.25) is 0 Å². The molecule has 5 heteroatoms.